The number of aliphatic hydroxyl groups excluding tert-OH is 1. The lowest BCUT2D eigenvalue weighted by molar-refractivity contribution is -0.140. The summed E-state index contributed by atoms with van der Waals surface area (Å²) in [6.45, 7) is 2.19. The number of amides is 3. The second-order valence-electron chi connectivity index (χ2n) is 8.80. The molecule has 0 aromatic heterocycles. The van der Waals surface area contributed by atoms with Crippen LogP contribution in [0.2, 0.25) is 0 Å². The van der Waals surface area contributed by atoms with Crippen LogP contribution in [0.4, 0.5) is 5.69 Å². The van der Waals surface area contributed by atoms with Gasteiger partial charge in [-0.25, -0.2) is 0 Å². The molecule has 1 aliphatic heterocycles. The minimum atomic E-state index is -0.735. The van der Waals surface area contributed by atoms with Crippen molar-refractivity contribution in [3.8, 4) is 0 Å². The topological polar surface area (TPSA) is 98.7 Å². The number of nitrogens with zero attached hydrogens (tertiary/aromatic N) is 1. The van der Waals surface area contributed by atoms with E-state index in [0.717, 1.165) is 17.2 Å². The first-order valence-corrected chi connectivity index (χ1v) is 11.6. The average Bonchev–Trinajstić information content (AvgIpc) is 3.12. The number of benzene rings is 2. The molecule has 1 saturated heterocycles. The summed E-state index contributed by atoms with van der Waals surface area (Å²) < 4.78 is 0. The van der Waals surface area contributed by atoms with Crippen molar-refractivity contribution in [3.05, 3.63) is 54.6 Å². The number of rotatable bonds is 7. The molecule has 0 radical (unpaired) electrons. The van der Waals surface area contributed by atoms with Gasteiger partial charge in [-0.1, -0.05) is 49.4 Å². The number of nitrogens with one attached hydrogen (secondary N) is 2. The monoisotopic (exact) mass is 449 g/mol. The molecule has 2 aromatic carbocycles. The summed E-state index contributed by atoms with van der Waals surface area (Å²) in [5.74, 6) is -2.21. The first kappa shape index (κ1) is 23.0. The van der Waals surface area contributed by atoms with Gasteiger partial charge in [0.1, 0.15) is 6.04 Å². The molecule has 7 heteroatoms. The van der Waals surface area contributed by atoms with Gasteiger partial charge in [0, 0.05) is 31.8 Å². The fourth-order valence-corrected chi connectivity index (χ4v) is 5.38. The Kier molecular flexibility index (Phi) is 6.79. The van der Waals surface area contributed by atoms with Gasteiger partial charge in [-0.05, 0) is 41.7 Å². The second-order valence-corrected chi connectivity index (χ2v) is 8.80. The van der Waals surface area contributed by atoms with Crippen LogP contribution < -0.4 is 10.6 Å². The Morgan fingerprint density at radius 3 is 2.52 bits per heavy atom. The van der Waals surface area contributed by atoms with Crippen molar-refractivity contribution >= 4 is 34.2 Å². The van der Waals surface area contributed by atoms with E-state index in [1.54, 1.807) is 11.9 Å². The van der Waals surface area contributed by atoms with E-state index in [-0.39, 0.29) is 36.8 Å². The minimum Gasteiger partial charge on any atom is -0.396 e. The zero-order chi connectivity index (χ0) is 23.5. The number of anilines is 1. The molecule has 1 aliphatic carbocycles. The standard InChI is InChI=1S/C26H31N3O4/c1-3-16-10-12-20-22(21(16)24(31)27-2)26(33)29(13-6-14-30)23(20)25(32)28-19-11-9-17-7-4-5-8-18(17)15-19/h4-5,7-12,15-16,20-23,30H,3,6,13-14H2,1-2H3,(H,27,31)(H,28,32)/t16-,20+,21-,22-,23+/m1/s1. The summed E-state index contributed by atoms with van der Waals surface area (Å²) in [6, 6.07) is 12.9. The van der Waals surface area contributed by atoms with Crippen molar-refractivity contribution in [2.24, 2.45) is 23.7 Å². The number of likely N-dealkylation sites (tertiary alicyclic amines) is 1. The Balaban J connectivity index is 1.67. The van der Waals surface area contributed by atoms with E-state index in [0.29, 0.717) is 12.1 Å². The maximum atomic E-state index is 13.5. The molecule has 0 spiro atoms. The molecule has 3 amide bonds. The van der Waals surface area contributed by atoms with E-state index < -0.39 is 23.8 Å². The van der Waals surface area contributed by atoms with Gasteiger partial charge >= 0.3 is 0 Å². The molecule has 3 N–H and O–H groups in total. The van der Waals surface area contributed by atoms with Crippen molar-refractivity contribution < 1.29 is 19.5 Å². The van der Waals surface area contributed by atoms with Gasteiger partial charge in [-0.3, -0.25) is 14.4 Å². The lowest BCUT2D eigenvalue weighted by atomic mass is 9.69. The molecular formula is C26H31N3O4. The van der Waals surface area contributed by atoms with Gasteiger partial charge in [0.05, 0.1) is 11.8 Å². The summed E-state index contributed by atoms with van der Waals surface area (Å²) >= 11 is 0. The summed E-state index contributed by atoms with van der Waals surface area (Å²) in [7, 11) is 1.58. The third-order valence-corrected chi connectivity index (χ3v) is 6.98. The van der Waals surface area contributed by atoms with Crippen LogP contribution in [0.15, 0.2) is 54.6 Å². The normalized spacial score (nSPS) is 26.3. The number of hydrogen-bond acceptors (Lipinski definition) is 4. The molecule has 1 fully saturated rings. The third kappa shape index (κ3) is 4.25. The van der Waals surface area contributed by atoms with Gasteiger partial charge in [-0.2, -0.15) is 0 Å². The highest BCUT2D eigenvalue weighted by Crippen LogP contribution is 2.45. The highest BCUT2D eigenvalue weighted by Gasteiger charge is 2.56. The molecule has 0 unspecified atom stereocenters. The number of hydrogen-bond donors (Lipinski definition) is 3. The van der Waals surface area contributed by atoms with Crippen LogP contribution in [0.3, 0.4) is 0 Å². The summed E-state index contributed by atoms with van der Waals surface area (Å²) in [5, 5.41) is 17.2. The van der Waals surface area contributed by atoms with E-state index in [1.165, 1.54) is 0 Å². The molecule has 4 rings (SSSR count). The molecular weight excluding hydrogens is 418 g/mol. The van der Waals surface area contributed by atoms with E-state index in [1.807, 2.05) is 61.5 Å². The lowest BCUT2D eigenvalue weighted by Crippen LogP contribution is -2.45. The fraction of sp³-hybridized carbons (Fsp3) is 0.423. The van der Waals surface area contributed by atoms with Crippen molar-refractivity contribution in [3.63, 3.8) is 0 Å². The molecule has 2 aliphatic rings. The van der Waals surface area contributed by atoms with Crippen LogP contribution in [-0.4, -0.2) is 54.0 Å². The summed E-state index contributed by atoms with van der Waals surface area (Å²) in [5.41, 5.74) is 0.658. The Morgan fingerprint density at radius 2 is 1.82 bits per heavy atom. The fourth-order valence-electron chi connectivity index (χ4n) is 5.38. The molecule has 33 heavy (non-hydrogen) atoms. The zero-order valence-corrected chi connectivity index (χ0v) is 19.0. The van der Waals surface area contributed by atoms with Crippen LogP contribution in [0.25, 0.3) is 10.8 Å². The van der Waals surface area contributed by atoms with Crippen molar-refractivity contribution in [1.82, 2.24) is 10.2 Å². The van der Waals surface area contributed by atoms with Gasteiger partial charge in [0.2, 0.25) is 17.7 Å². The SMILES string of the molecule is CC[C@@H]1C=C[C@H]2[C@@H](C(=O)N(CCCO)[C@@H]2C(=O)Nc2ccc3ccccc3c2)[C@@H]1C(=O)NC. The Labute approximate surface area is 193 Å². The molecule has 7 nitrogen and oxygen atoms in total. The largest absolute Gasteiger partial charge is 0.396 e. The van der Waals surface area contributed by atoms with E-state index in [9.17, 15) is 19.5 Å². The van der Waals surface area contributed by atoms with E-state index in [4.69, 9.17) is 0 Å². The highest BCUT2D eigenvalue weighted by atomic mass is 16.3. The number of allylic oxidation sites excluding steroid dienone is 1. The first-order valence-electron chi connectivity index (χ1n) is 11.6. The van der Waals surface area contributed by atoms with Crippen molar-refractivity contribution in [2.45, 2.75) is 25.8 Å². The lowest BCUT2D eigenvalue weighted by Gasteiger charge is -2.33. The predicted molar refractivity (Wildman–Crippen MR) is 127 cm³/mol. The van der Waals surface area contributed by atoms with Crippen molar-refractivity contribution in [2.75, 3.05) is 25.5 Å². The van der Waals surface area contributed by atoms with Gasteiger partial charge in [0.15, 0.2) is 0 Å². The van der Waals surface area contributed by atoms with Crippen LogP contribution in [0.5, 0.6) is 0 Å². The average molecular weight is 450 g/mol. The molecule has 0 bridgehead atoms. The number of fused-ring (bicyclic) bond motifs is 2. The number of aliphatic hydroxyl groups is 1. The van der Waals surface area contributed by atoms with Crippen molar-refractivity contribution in [1.29, 1.82) is 0 Å². The van der Waals surface area contributed by atoms with Crippen LogP contribution in [-0.2, 0) is 14.4 Å². The van der Waals surface area contributed by atoms with E-state index >= 15 is 0 Å². The molecule has 174 valence electrons. The van der Waals surface area contributed by atoms with Gasteiger partial charge in [0.25, 0.3) is 0 Å². The summed E-state index contributed by atoms with van der Waals surface area (Å²) in [6.07, 6.45) is 5.03. The van der Waals surface area contributed by atoms with E-state index in [2.05, 4.69) is 10.6 Å². The van der Waals surface area contributed by atoms with Crippen LogP contribution in [0.1, 0.15) is 19.8 Å². The molecule has 0 saturated carbocycles. The Hall–Kier alpha value is -3.19. The summed E-state index contributed by atoms with van der Waals surface area (Å²) in [4.78, 5) is 41.4. The molecule has 1 heterocycles. The Bertz CT molecular complexity index is 1080. The Morgan fingerprint density at radius 1 is 1.06 bits per heavy atom. The zero-order valence-electron chi connectivity index (χ0n) is 19.0. The second kappa shape index (κ2) is 9.75. The molecule has 2 aromatic rings. The predicted octanol–water partition coefficient (Wildman–Crippen LogP) is 2.56. The molecule has 5 atom stereocenters. The number of carbonyl (C=O) groups excluding carboxylic acids is 3. The third-order valence-electron chi connectivity index (χ3n) is 6.98. The smallest absolute Gasteiger partial charge is 0.247 e. The maximum Gasteiger partial charge on any atom is 0.247 e. The minimum absolute atomic E-state index is 0.0582. The van der Waals surface area contributed by atoms with Gasteiger partial charge < -0.3 is 20.6 Å². The maximum absolute atomic E-state index is 13.5. The number of carbonyl (C=O) groups is 3. The quantitative estimate of drug-likeness (QED) is 0.566. The van der Waals surface area contributed by atoms with Crippen LogP contribution >= 0.6 is 0 Å². The first-order chi connectivity index (χ1) is 16.0. The van der Waals surface area contributed by atoms with Gasteiger partial charge in [-0.15, -0.1) is 0 Å². The highest BCUT2D eigenvalue weighted by molar-refractivity contribution is 6.02. The van der Waals surface area contributed by atoms with Crippen LogP contribution in [0, 0.1) is 23.7 Å².